The van der Waals surface area contributed by atoms with E-state index in [0.717, 1.165) is 0 Å². The van der Waals surface area contributed by atoms with Gasteiger partial charge >= 0.3 is 0 Å². The van der Waals surface area contributed by atoms with Gasteiger partial charge in [0.05, 0.1) is 4.92 Å². The van der Waals surface area contributed by atoms with Gasteiger partial charge in [-0.05, 0) is 6.07 Å². The molecule has 1 aliphatic heterocycles. The summed E-state index contributed by atoms with van der Waals surface area (Å²) in [6, 6.07) is 6.60. The van der Waals surface area contributed by atoms with Crippen molar-refractivity contribution in [2.75, 3.05) is 4.41 Å². The van der Waals surface area contributed by atoms with Gasteiger partial charge in [-0.2, -0.15) is 0 Å². The van der Waals surface area contributed by atoms with Gasteiger partial charge in [0.2, 0.25) is 0 Å². The van der Waals surface area contributed by atoms with E-state index in [4.69, 9.17) is 0 Å². The van der Waals surface area contributed by atoms with Crippen molar-refractivity contribution in [3.8, 4) is 0 Å². The summed E-state index contributed by atoms with van der Waals surface area (Å²) in [7, 11) is 0. The van der Waals surface area contributed by atoms with E-state index in [2.05, 4.69) is 5.43 Å². The number of nitrogens with zero attached hydrogens (tertiary/aromatic N) is 2. The Balaban J connectivity index is 2.36. The molecule has 14 heavy (non-hydrogen) atoms. The lowest BCUT2D eigenvalue weighted by Crippen LogP contribution is -2.23. The first-order valence-corrected chi connectivity index (χ1v) is 4.74. The first kappa shape index (κ1) is 8.89. The molecule has 0 saturated carbocycles. The Morgan fingerprint density at radius 1 is 1.43 bits per heavy atom. The number of para-hydroxylation sites is 2. The fourth-order valence-corrected chi connectivity index (χ4v) is 1.77. The molecule has 0 unspecified atom stereocenters. The second-order valence-electron chi connectivity index (χ2n) is 2.58. The van der Waals surface area contributed by atoms with Gasteiger partial charge in [-0.25, -0.2) is 4.41 Å². The van der Waals surface area contributed by atoms with Crippen LogP contribution < -0.4 is 9.84 Å². The van der Waals surface area contributed by atoms with Crippen LogP contribution in [0, 0.1) is 10.1 Å². The Morgan fingerprint density at radius 2 is 2.21 bits per heavy atom. The van der Waals surface area contributed by atoms with E-state index in [9.17, 15) is 10.1 Å². The molecule has 1 N–H and O–H groups in total. The molecule has 1 aromatic rings. The van der Waals surface area contributed by atoms with E-state index >= 15 is 0 Å². The van der Waals surface area contributed by atoms with Crippen LogP contribution in [0.1, 0.15) is 0 Å². The number of nitrogens with one attached hydrogen (secondary N) is 1. The molecule has 0 aliphatic carbocycles. The maximum Gasteiger partial charge on any atom is 0.295 e. The quantitative estimate of drug-likeness (QED) is 0.459. The van der Waals surface area contributed by atoms with Gasteiger partial charge in [-0.15, -0.1) is 0 Å². The molecule has 0 amide bonds. The predicted molar refractivity (Wildman–Crippen MR) is 55.4 cm³/mol. The van der Waals surface area contributed by atoms with Gasteiger partial charge in [0.25, 0.3) is 5.69 Å². The molecule has 2 rings (SSSR count). The number of hydrogen-bond donors (Lipinski definition) is 1. The molecule has 0 fully saturated rings. The SMILES string of the molecule is O=[N+]([O-])c1ccccc1N1NC=CS1. The third-order valence-corrected chi connectivity index (χ3v) is 2.49. The van der Waals surface area contributed by atoms with E-state index in [-0.39, 0.29) is 5.69 Å². The van der Waals surface area contributed by atoms with Gasteiger partial charge in [0.1, 0.15) is 5.69 Å². The summed E-state index contributed by atoms with van der Waals surface area (Å²) in [6.07, 6.45) is 1.72. The fourth-order valence-electron chi connectivity index (χ4n) is 1.14. The topological polar surface area (TPSA) is 58.4 Å². The molecule has 72 valence electrons. The number of nitro benzene ring substituents is 1. The third-order valence-electron chi connectivity index (χ3n) is 1.72. The van der Waals surface area contributed by atoms with Crippen molar-refractivity contribution in [2.24, 2.45) is 0 Å². The standard InChI is InChI=1S/C8H7N3O2S/c12-11(13)8-4-2-1-3-7(8)10-9-5-6-14-10/h1-6,9H. The molecule has 5 nitrogen and oxygen atoms in total. The molecule has 6 heteroatoms. The minimum Gasteiger partial charge on any atom is -0.294 e. The summed E-state index contributed by atoms with van der Waals surface area (Å²) in [5.74, 6) is 0. The van der Waals surface area contributed by atoms with E-state index in [1.807, 2.05) is 5.41 Å². The summed E-state index contributed by atoms with van der Waals surface area (Å²) in [5.41, 5.74) is 3.52. The van der Waals surface area contributed by atoms with Crippen LogP contribution in [-0.4, -0.2) is 4.92 Å². The lowest BCUT2D eigenvalue weighted by Gasteiger charge is -2.15. The van der Waals surface area contributed by atoms with Crippen molar-refractivity contribution in [2.45, 2.75) is 0 Å². The first-order valence-electron chi connectivity index (χ1n) is 3.90. The normalized spacial score (nSPS) is 14.1. The van der Waals surface area contributed by atoms with Crippen molar-refractivity contribution in [1.82, 2.24) is 5.43 Å². The Bertz CT molecular complexity index is 386. The summed E-state index contributed by atoms with van der Waals surface area (Å²) >= 11 is 1.36. The van der Waals surface area contributed by atoms with Crippen LogP contribution in [0.5, 0.6) is 0 Å². The van der Waals surface area contributed by atoms with Gasteiger partial charge in [-0.3, -0.25) is 15.5 Å². The fraction of sp³-hybridized carbons (Fsp3) is 0. The number of rotatable bonds is 2. The highest BCUT2D eigenvalue weighted by atomic mass is 32.2. The van der Waals surface area contributed by atoms with Crippen molar-refractivity contribution in [3.63, 3.8) is 0 Å². The number of anilines is 1. The van der Waals surface area contributed by atoms with Gasteiger partial charge < -0.3 is 0 Å². The zero-order chi connectivity index (χ0) is 9.97. The highest BCUT2D eigenvalue weighted by Gasteiger charge is 2.19. The Morgan fingerprint density at radius 3 is 2.86 bits per heavy atom. The molecule has 0 atom stereocenters. The molecule has 0 aromatic heterocycles. The van der Waals surface area contributed by atoms with Gasteiger partial charge in [0.15, 0.2) is 0 Å². The Kier molecular flexibility index (Phi) is 2.28. The second-order valence-corrected chi connectivity index (χ2v) is 3.43. The molecule has 0 radical (unpaired) electrons. The zero-order valence-corrected chi connectivity index (χ0v) is 7.90. The molecular formula is C8H7N3O2S. The maximum absolute atomic E-state index is 10.7. The van der Waals surface area contributed by atoms with Crippen molar-refractivity contribution in [3.05, 3.63) is 46.0 Å². The summed E-state index contributed by atoms with van der Waals surface area (Å²) in [4.78, 5) is 10.3. The van der Waals surface area contributed by atoms with E-state index in [1.54, 1.807) is 28.8 Å². The molecule has 0 bridgehead atoms. The molecule has 1 aliphatic rings. The van der Waals surface area contributed by atoms with E-state index in [0.29, 0.717) is 5.69 Å². The van der Waals surface area contributed by atoms with Crippen LogP contribution in [0.15, 0.2) is 35.9 Å². The van der Waals surface area contributed by atoms with Crippen molar-refractivity contribution >= 4 is 23.3 Å². The van der Waals surface area contributed by atoms with Crippen LogP contribution in [0.2, 0.25) is 0 Å². The molecule has 0 spiro atoms. The lowest BCUT2D eigenvalue weighted by atomic mass is 10.3. The van der Waals surface area contributed by atoms with Crippen LogP contribution >= 0.6 is 11.9 Å². The minimum absolute atomic E-state index is 0.0937. The Labute approximate surface area is 84.7 Å². The summed E-state index contributed by atoms with van der Waals surface area (Å²) < 4.78 is 1.64. The predicted octanol–water partition coefficient (Wildman–Crippen LogP) is 2.04. The van der Waals surface area contributed by atoms with Crippen LogP contribution in [0.25, 0.3) is 0 Å². The second kappa shape index (κ2) is 3.59. The summed E-state index contributed by atoms with van der Waals surface area (Å²) in [5, 5.41) is 12.5. The van der Waals surface area contributed by atoms with Crippen LogP contribution in [0.3, 0.4) is 0 Å². The number of nitro groups is 1. The van der Waals surface area contributed by atoms with Gasteiger partial charge in [0, 0.05) is 29.6 Å². The van der Waals surface area contributed by atoms with Gasteiger partial charge in [-0.1, -0.05) is 12.1 Å². The Hall–Kier alpha value is -1.69. The smallest absolute Gasteiger partial charge is 0.294 e. The van der Waals surface area contributed by atoms with Crippen molar-refractivity contribution < 1.29 is 4.92 Å². The first-order chi connectivity index (χ1) is 6.79. The molecule has 1 aromatic carbocycles. The summed E-state index contributed by atoms with van der Waals surface area (Å²) in [6.45, 7) is 0. The van der Waals surface area contributed by atoms with E-state index in [1.165, 1.54) is 18.0 Å². The van der Waals surface area contributed by atoms with Crippen LogP contribution in [0.4, 0.5) is 11.4 Å². The molecule has 0 saturated heterocycles. The zero-order valence-electron chi connectivity index (χ0n) is 7.08. The highest BCUT2D eigenvalue weighted by Crippen LogP contribution is 2.32. The average Bonchev–Trinajstić information content (AvgIpc) is 2.70. The van der Waals surface area contributed by atoms with E-state index < -0.39 is 4.92 Å². The number of hydrazine groups is 1. The molecular weight excluding hydrogens is 202 g/mol. The number of benzene rings is 1. The number of hydrogen-bond acceptors (Lipinski definition) is 5. The molecule has 1 heterocycles. The largest absolute Gasteiger partial charge is 0.295 e. The lowest BCUT2D eigenvalue weighted by molar-refractivity contribution is -0.384. The van der Waals surface area contributed by atoms with Crippen LogP contribution in [-0.2, 0) is 0 Å². The minimum atomic E-state index is -0.393. The third kappa shape index (κ3) is 1.51. The maximum atomic E-state index is 10.7. The average molecular weight is 209 g/mol. The van der Waals surface area contributed by atoms with Crippen molar-refractivity contribution in [1.29, 1.82) is 0 Å². The monoisotopic (exact) mass is 209 g/mol. The highest BCUT2D eigenvalue weighted by molar-refractivity contribution is 8.03.